The molecule has 1 fully saturated rings. The van der Waals surface area contributed by atoms with E-state index in [1.165, 1.54) is 6.42 Å². The van der Waals surface area contributed by atoms with Gasteiger partial charge in [0.2, 0.25) is 0 Å². The first-order valence-corrected chi connectivity index (χ1v) is 7.81. The van der Waals surface area contributed by atoms with Crippen LogP contribution >= 0.6 is 0 Å². The number of nitrogens with one attached hydrogen (secondary N) is 1. The van der Waals surface area contributed by atoms with Crippen molar-refractivity contribution in [3.63, 3.8) is 0 Å². The van der Waals surface area contributed by atoms with E-state index in [1.807, 2.05) is 14.1 Å². The van der Waals surface area contributed by atoms with Crippen LogP contribution in [0.15, 0.2) is 0 Å². The Bertz CT molecular complexity index is 341. The van der Waals surface area contributed by atoms with Crippen LogP contribution in [0.1, 0.15) is 38.5 Å². The molecule has 0 spiro atoms. The Hall–Kier alpha value is -1.30. The molecular formula is C15H29N3O3. The predicted octanol–water partition coefficient (Wildman–Crippen LogP) is 1.61. The molecule has 1 aliphatic rings. The average Bonchev–Trinajstić information content (AvgIpc) is 2.44. The zero-order chi connectivity index (χ0) is 15.8. The molecule has 1 atom stereocenters. The van der Waals surface area contributed by atoms with Gasteiger partial charge in [-0.2, -0.15) is 0 Å². The van der Waals surface area contributed by atoms with Crippen LogP contribution in [0.2, 0.25) is 0 Å². The summed E-state index contributed by atoms with van der Waals surface area (Å²) in [6.45, 7) is 1.53. The van der Waals surface area contributed by atoms with E-state index < -0.39 is 12.0 Å². The minimum atomic E-state index is -0.919. The van der Waals surface area contributed by atoms with Gasteiger partial charge in [-0.25, -0.2) is 9.59 Å². The Morgan fingerprint density at radius 1 is 1.14 bits per heavy atom. The number of carbonyl (C=O) groups is 2. The van der Waals surface area contributed by atoms with Crippen molar-refractivity contribution in [1.29, 1.82) is 0 Å². The molecule has 6 nitrogen and oxygen atoms in total. The van der Waals surface area contributed by atoms with E-state index in [0.29, 0.717) is 6.54 Å². The smallest absolute Gasteiger partial charge is 0.326 e. The minimum absolute atomic E-state index is 0.0652. The number of urea groups is 1. The third-order valence-electron chi connectivity index (χ3n) is 4.11. The third kappa shape index (κ3) is 6.33. The maximum Gasteiger partial charge on any atom is 0.326 e. The quantitative estimate of drug-likeness (QED) is 0.749. The first-order chi connectivity index (χ1) is 9.91. The Morgan fingerprint density at radius 3 is 2.29 bits per heavy atom. The lowest BCUT2D eigenvalue weighted by Gasteiger charge is -2.29. The molecule has 0 heterocycles. The highest BCUT2D eigenvalue weighted by atomic mass is 16.4. The highest BCUT2D eigenvalue weighted by Gasteiger charge is 2.31. The normalized spacial score (nSPS) is 17.5. The van der Waals surface area contributed by atoms with E-state index in [2.05, 4.69) is 10.2 Å². The van der Waals surface area contributed by atoms with Crippen LogP contribution in [0.3, 0.4) is 0 Å². The molecule has 0 aliphatic heterocycles. The van der Waals surface area contributed by atoms with Crippen LogP contribution in [0, 0.1) is 5.92 Å². The Balaban J connectivity index is 2.45. The van der Waals surface area contributed by atoms with Crippen molar-refractivity contribution in [2.24, 2.45) is 5.92 Å². The molecule has 2 N–H and O–H groups in total. The summed E-state index contributed by atoms with van der Waals surface area (Å²) in [7, 11) is 5.69. The molecule has 1 saturated carbocycles. The summed E-state index contributed by atoms with van der Waals surface area (Å²) in [5.41, 5.74) is 0. The molecule has 0 aromatic carbocycles. The van der Waals surface area contributed by atoms with Crippen molar-refractivity contribution in [2.75, 3.05) is 34.2 Å². The van der Waals surface area contributed by atoms with Crippen molar-refractivity contribution >= 4 is 12.0 Å². The van der Waals surface area contributed by atoms with Gasteiger partial charge in [-0.1, -0.05) is 19.3 Å². The molecule has 122 valence electrons. The second-order valence-electron chi connectivity index (χ2n) is 6.24. The zero-order valence-electron chi connectivity index (χ0n) is 13.5. The average molecular weight is 299 g/mol. The zero-order valence-corrected chi connectivity index (χ0v) is 13.5. The lowest BCUT2D eigenvalue weighted by molar-refractivity contribution is -0.141. The van der Waals surface area contributed by atoms with Crippen LogP contribution in [0.25, 0.3) is 0 Å². The summed E-state index contributed by atoms with van der Waals surface area (Å²) < 4.78 is 0. The molecule has 6 heteroatoms. The highest BCUT2D eigenvalue weighted by Crippen LogP contribution is 2.26. The van der Waals surface area contributed by atoms with Crippen LogP contribution in [-0.4, -0.2) is 67.2 Å². The maximum absolute atomic E-state index is 12.1. The van der Waals surface area contributed by atoms with Gasteiger partial charge in [-0.3, -0.25) is 0 Å². The van der Waals surface area contributed by atoms with Crippen molar-refractivity contribution < 1.29 is 14.7 Å². The lowest BCUT2D eigenvalue weighted by atomic mass is 9.84. The van der Waals surface area contributed by atoms with Gasteiger partial charge in [0, 0.05) is 13.6 Å². The fourth-order valence-corrected chi connectivity index (χ4v) is 2.82. The molecule has 2 amide bonds. The molecule has 0 bridgehead atoms. The predicted molar refractivity (Wildman–Crippen MR) is 82.3 cm³/mol. The third-order valence-corrected chi connectivity index (χ3v) is 4.11. The van der Waals surface area contributed by atoms with Crippen molar-refractivity contribution in [3.8, 4) is 0 Å². The Labute approximate surface area is 127 Å². The van der Waals surface area contributed by atoms with Crippen molar-refractivity contribution in [3.05, 3.63) is 0 Å². The van der Waals surface area contributed by atoms with E-state index in [0.717, 1.165) is 38.6 Å². The summed E-state index contributed by atoms with van der Waals surface area (Å²) in [5.74, 6) is -0.854. The molecule has 0 aromatic heterocycles. The van der Waals surface area contributed by atoms with Gasteiger partial charge in [-0.05, 0) is 45.8 Å². The van der Waals surface area contributed by atoms with Gasteiger partial charge in [0.05, 0.1) is 0 Å². The monoisotopic (exact) mass is 299 g/mol. The van der Waals surface area contributed by atoms with Crippen LogP contribution in [0.4, 0.5) is 4.79 Å². The number of carboxylic acids is 1. The highest BCUT2D eigenvalue weighted by molar-refractivity contribution is 5.82. The molecule has 1 rings (SSSR count). The topological polar surface area (TPSA) is 72.9 Å². The van der Waals surface area contributed by atoms with Crippen molar-refractivity contribution in [2.45, 2.75) is 44.6 Å². The first kappa shape index (κ1) is 17.8. The fraction of sp³-hybridized carbons (Fsp3) is 0.867. The van der Waals surface area contributed by atoms with Crippen molar-refractivity contribution in [1.82, 2.24) is 15.1 Å². The largest absolute Gasteiger partial charge is 0.480 e. The van der Waals surface area contributed by atoms with E-state index >= 15 is 0 Å². The summed E-state index contributed by atoms with van der Waals surface area (Å²) in [4.78, 5) is 27.2. The van der Waals surface area contributed by atoms with Gasteiger partial charge >= 0.3 is 12.0 Å². The minimum Gasteiger partial charge on any atom is -0.480 e. The number of rotatable bonds is 7. The van der Waals surface area contributed by atoms with E-state index in [9.17, 15) is 14.7 Å². The van der Waals surface area contributed by atoms with Gasteiger partial charge in [0.25, 0.3) is 0 Å². The number of nitrogens with zero attached hydrogens (tertiary/aromatic N) is 2. The number of amides is 2. The van der Waals surface area contributed by atoms with Crippen LogP contribution < -0.4 is 5.32 Å². The molecule has 21 heavy (non-hydrogen) atoms. The summed E-state index contributed by atoms with van der Waals surface area (Å²) >= 11 is 0. The van der Waals surface area contributed by atoms with E-state index in [4.69, 9.17) is 0 Å². The molecule has 1 unspecified atom stereocenters. The summed E-state index contributed by atoms with van der Waals surface area (Å²) in [6.07, 6.45) is 5.94. The standard InChI is InChI=1S/C15H29N3O3/c1-17(2)10-7-11-18(3)15(21)16-13(14(19)20)12-8-5-4-6-9-12/h12-13H,4-11H2,1-3H3,(H,16,21)(H,19,20). The summed E-state index contributed by atoms with van der Waals surface area (Å²) in [5, 5.41) is 12.1. The molecule has 1 aliphatic carbocycles. The molecule has 0 aromatic rings. The number of hydrogen-bond donors (Lipinski definition) is 2. The van der Waals surface area contributed by atoms with Crippen LogP contribution in [0.5, 0.6) is 0 Å². The van der Waals surface area contributed by atoms with Gasteiger partial charge in [0.1, 0.15) is 6.04 Å². The maximum atomic E-state index is 12.1. The molecule has 0 saturated heterocycles. The number of carboxylic acid groups (broad SMARTS) is 1. The summed E-state index contributed by atoms with van der Waals surface area (Å²) in [6, 6.07) is -1.04. The first-order valence-electron chi connectivity index (χ1n) is 7.81. The van der Waals surface area contributed by atoms with Gasteiger partial charge in [-0.15, -0.1) is 0 Å². The van der Waals surface area contributed by atoms with Gasteiger partial charge in [0.15, 0.2) is 0 Å². The lowest BCUT2D eigenvalue weighted by Crippen LogP contribution is -2.50. The molecular weight excluding hydrogens is 270 g/mol. The number of aliphatic carboxylic acids is 1. The fourth-order valence-electron chi connectivity index (χ4n) is 2.82. The number of hydrogen-bond acceptors (Lipinski definition) is 3. The van der Waals surface area contributed by atoms with E-state index in [-0.39, 0.29) is 11.9 Å². The Morgan fingerprint density at radius 2 is 1.76 bits per heavy atom. The van der Waals surface area contributed by atoms with Gasteiger partial charge < -0.3 is 20.2 Å². The van der Waals surface area contributed by atoms with Crippen LogP contribution in [-0.2, 0) is 4.79 Å². The second-order valence-corrected chi connectivity index (χ2v) is 6.24. The molecule has 0 radical (unpaired) electrons. The Kier molecular flexibility index (Phi) is 7.50. The second kappa shape index (κ2) is 8.87. The SMILES string of the molecule is CN(C)CCCN(C)C(=O)NC(C(=O)O)C1CCCCC1. The van der Waals surface area contributed by atoms with E-state index in [1.54, 1.807) is 11.9 Å². The number of carbonyl (C=O) groups excluding carboxylic acids is 1.